The molecule has 0 aromatic rings. The van der Waals surface area contributed by atoms with Gasteiger partial charge < -0.3 is 13.3 Å². The zero-order chi connectivity index (χ0) is 30.1. The van der Waals surface area contributed by atoms with E-state index in [1.807, 2.05) is 0 Å². The minimum atomic E-state index is -2.01. The molecule has 0 bridgehead atoms. The molecule has 1 rings (SSSR count). The van der Waals surface area contributed by atoms with Gasteiger partial charge in [0.15, 0.2) is 16.6 Å². The largest absolute Gasteiger partial charge is 0.546 e. The average Bonchev–Trinajstić information content (AvgIpc) is 3.12. The second kappa shape index (κ2) is 15.0. The summed E-state index contributed by atoms with van der Waals surface area (Å²) in [5.41, 5.74) is 1.04. The molecule has 1 aliphatic carbocycles. The summed E-state index contributed by atoms with van der Waals surface area (Å²) in [7, 11) is -5.48. The maximum Gasteiger partial charge on any atom is 0.250 e. The number of hydrogen-bond donors (Lipinski definition) is 0. The Kier molecular flexibility index (Phi) is 14.1. The fourth-order valence-electron chi connectivity index (χ4n) is 5.29. The maximum atomic E-state index is 7.22. The number of hydrogen-bond acceptors (Lipinski definition) is 3. The van der Waals surface area contributed by atoms with Crippen molar-refractivity contribution in [3.05, 3.63) is 23.5 Å². The Morgan fingerprint density at radius 1 is 0.923 bits per heavy atom. The first-order valence-electron chi connectivity index (χ1n) is 15.9. The van der Waals surface area contributed by atoms with Crippen molar-refractivity contribution in [2.45, 2.75) is 168 Å². The molecule has 0 amide bonds. The molecule has 0 aromatic heterocycles. The van der Waals surface area contributed by atoms with E-state index in [0.717, 1.165) is 55.1 Å². The summed E-state index contributed by atoms with van der Waals surface area (Å²) < 4.78 is 21.0. The summed E-state index contributed by atoms with van der Waals surface area (Å²) in [6.07, 6.45) is 11.0. The van der Waals surface area contributed by atoms with Crippen LogP contribution in [-0.4, -0.2) is 36.7 Å². The Bertz CT molecular complexity index is 870. The van der Waals surface area contributed by atoms with E-state index in [2.05, 4.69) is 119 Å². The first kappa shape index (κ1) is 36.4. The van der Waals surface area contributed by atoms with Crippen molar-refractivity contribution in [3.8, 4) is 11.8 Å². The van der Waals surface area contributed by atoms with Crippen LogP contribution < -0.4 is 0 Å². The molecule has 0 radical (unpaired) electrons. The molecule has 3 atom stereocenters. The van der Waals surface area contributed by atoms with Crippen LogP contribution in [0.2, 0.25) is 55.9 Å². The molecule has 39 heavy (non-hydrogen) atoms. The fraction of sp³-hybridized carbons (Fsp3) is 0.818. The molecular weight excluding hydrogens is 529 g/mol. The molecule has 3 unspecified atom stereocenters. The zero-order valence-electron chi connectivity index (χ0n) is 28.4. The lowest BCUT2D eigenvalue weighted by Crippen LogP contribution is -2.42. The predicted octanol–water partition coefficient (Wildman–Crippen LogP) is 10.8. The van der Waals surface area contributed by atoms with E-state index >= 15 is 0 Å². The van der Waals surface area contributed by atoms with Gasteiger partial charge >= 0.3 is 0 Å². The van der Waals surface area contributed by atoms with Crippen molar-refractivity contribution < 1.29 is 13.3 Å². The van der Waals surface area contributed by atoms with Gasteiger partial charge in [0.2, 0.25) is 8.32 Å². The van der Waals surface area contributed by atoms with Crippen molar-refractivity contribution in [2.75, 3.05) is 0 Å². The lowest BCUT2D eigenvalue weighted by Gasteiger charge is -2.37. The highest BCUT2D eigenvalue weighted by atomic mass is 28.4. The molecule has 0 N–H and O–H groups in total. The number of rotatable bonds is 15. The molecule has 3 nitrogen and oxygen atoms in total. The zero-order valence-corrected chi connectivity index (χ0v) is 31.4. The third kappa shape index (κ3) is 11.0. The third-order valence-corrected chi connectivity index (χ3v) is 19.0. The third-order valence-electron chi connectivity index (χ3n) is 8.84. The summed E-state index contributed by atoms with van der Waals surface area (Å²) in [5, 5.41) is 0.137. The SMILES string of the molecule is CCC#CC1=C(O[Si](C)(C)C(C)(C)C)CC(O[Si](CC)(CC)CC)C1/C=C/CC(C)(CCCC)O[Si](C)(C)C. The highest BCUT2D eigenvalue weighted by molar-refractivity contribution is 6.74. The van der Waals surface area contributed by atoms with Crippen LogP contribution in [0.5, 0.6) is 0 Å². The van der Waals surface area contributed by atoms with E-state index in [1.165, 1.54) is 12.8 Å². The summed E-state index contributed by atoms with van der Waals surface area (Å²) in [4.78, 5) is 0. The topological polar surface area (TPSA) is 27.7 Å². The van der Waals surface area contributed by atoms with Crippen molar-refractivity contribution in [1.82, 2.24) is 0 Å². The van der Waals surface area contributed by atoms with E-state index < -0.39 is 25.0 Å². The van der Waals surface area contributed by atoms with Gasteiger partial charge in [-0.1, -0.05) is 92.2 Å². The molecule has 0 saturated heterocycles. The fourth-order valence-corrected chi connectivity index (χ4v) is 10.9. The molecule has 0 aromatic carbocycles. The molecule has 0 heterocycles. The van der Waals surface area contributed by atoms with Gasteiger partial charge in [-0.3, -0.25) is 0 Å². The van der Waals surface area contributed by atoms with Crippen LogP contribution in [0.3, 0.4) is 0 Å². The van der Waals surface area contributed by atoms with Gasteiger partial charge in [-0.15, -0.1) is 0 Å². The van der Waals surface area contributed by atoms with Gasteiger partial charge in [0.05, 0.1) is 17.5 Å². The smallest absolute Gasteiger partial charge is 0.250 e. The van der Waals surface area contributed by atoms with E-state index in [0.29, 0.717) is 0 Å². The molecule has 6 heteroatoms. The Labute approximate surface area is 247 Å². The molecule has 1 aliphatic rings. The number of unbranched alkanes of at least 4 members (excludes halogenated alkanes) is 1. The lowest BCUT2D eigenvalue weighted by atomic mass is 9.93. The monoisotopic (exact) mass is 592 g/mol. The van der Waals surface area contributed by atoms with Gasteiger partial charge in [-0.2, -0.15) is 0 Å². The summed E-state index contributed by atoms with van der Waals surface area (Å²) in [5.74, 6) is 8.22. The summed E-state index contributed by atoms with van der Waals surface area (Å²) >= 11 is 0. The molecule has 0 spiro atoms. The molecule has 0 saturated carbocycles. The van der Waals surface area contributed by atoms with Gasteiger partial charge in [0, 0.05) is 24.3 Å². The molecule has 0 fully saturated rings. The van der Waals surface area contributed by atoms with E-state index in [4.69, 9.17) is 13.3 Å². The van der Waals surface area contributed by atoms with Crippen molar-refractivity contribution >= 4 is 25.0 Å². The minimum Gasteiger partial charge on any atom is -0.546 e. The van der Waals surface area contributed by atoms with E-state index in [1.54, 1.807) is 0 Å². The van der Waals surface area contributed by atoms with Crippen LogP contribution >= 0.6 is 0 Å². The van der Waals surface area contributed by atoms with Crippen molar-refractivity contribution in [1.29, 1.82) is 0 Å². The van der Waals surface area contributed by atoms with Gasteiger partial charge in [0.25, 0.3) is 0 Å². The van der Waals surface area contributed by atoms with Gasteiger partial charge in [-0.25, -0.2) is 0 Å². The van der Waals surface area contributed by atoms with Crippen LogP contribution in [0, 0.1) is 17.8 Å². The first-order chi connectivity index (χ1) is 17.9. The van der Waals surface area contributed by atoms with E-state index in [9.17, 15) is 0 Å². The van der Waals surface area contributed by atoms with Crippen molar-refractivity contribution in [2.24, 2.45) is 5.92 Å². The molecule has 0 aliphatic heterocycles. The van der Waals surface area contributed by atoms with Gasteiger partial charge in [-0.05, 0) is 75.7 Å². The molecule has 226 valence electrons. The second-order valence-corrected chi connectivity index (χ2v) is 28.3. The summed E-state index contributed by atoms with van der Waals surface area (Å²) in [6.45, 7) is 32.2. The van der Waals surface area contributed by atoms with E-state index in [-0.39, 0.29) is 22.7 Å². The molecular formula is C33H64O3Si3. The maximum absolute atomic E-state index is 7.22. The summed E-state index contributed by atoms with van der Waals surface area (Å²) in [6, 6.07) is 3.46. The predicted molar refractivity (Wildman–Crippen MR) is 180 cm³/mol. The van der Waals surface area contributed by atoms with Gasteiger partial charge in [0.1, 0.15) is 0 Å². The Hall–Kier alpha value is -0.589. The lowest BCUT2D eigenvalue weighted by molar-refractivity contribution is 0.0713. The van der Waals surface area contributed by atoms with Crippen LogP contribution in [0.4, 0.5) is 0 Å². The van der Waals surface area contributed by atoms with Crippen LogP contribution in [0.1, 0.15) is 101 Å². The van der Waals surface area contributed by atoms with Crippen LogP contribution in [0.15, 0.2) is 23.5 Å². The first-order valence-corrected chi connectivity index (χ1v) is 24.7. The average molecular weight is 593 g/mol. The highest BCUT2D eigenvalue weighted by Gasteiger charge is 2.45. The normalized spacial score (nSPS) is 20.8. The quantitative estimate of drug-likeness (QED) is 0.107. The Morgan fingerprint density at radius 3 is 1.97 bits per heavy atom. The Morgan fingerprint density at radius 2 is 1.51 bits per heavy atom. The van der Waals surface area contributed by atoms with Crippen LogP contribution in [-0.2, 0) is 13.3 Å². The second-order valence-electron chi connectivity index (χ2n) is 14.4. The minimum absolute atomic E-state index is 0.105. The highest BCUT2D eigenvalue weighted by Crippen LogP contribution is 2.44. The standard InChI is InChI=1S/C33H64O3Si3/c1-15-20-23-28-29(24-22-26-33(9,25-21-16-2)36-37(10,11)12)31(35-39(17-3,18-4)19-5)27-30(28)34-38(13,14)32(6,7)8/h22,24,29,31H,15-19,21,25-27H2,1-14H3/b24-22+. The van der Waals surface area contributed by atoms with Crippen LogP contribution in [0.25, 0.3) is 0 Å². The van der Waals surface area contributed by atoms with Crippen molar-refractivity contribution in [3.63, 3.8) is 0 Å². The Balaban J connectivity index is 3.55.